The van der Waals surface area contributed by atoms with Crippen LogP contribution < -0.4 is 11.1 Å². The van der Waals surface area contributed by atoms with Crippen molar-refractivity contribution in [1.29, 1.82) is 0 Å². The van der Waals surface area contributed by atoms with E-state index in [2.05, 4.69) is 5.32 Å². The fourth-order valence-corrected chi connectivity index (χ4v) is 2.33. The summed E-state index contributed by atoms with van der Waals surface area (Å²) in [4.78, 5) is 14.0. The summed E-state index contributed by atoms with van der Waals surface area (Å²) in [7, 11) is 0. The number of amides is 1. The fraction of sp³-hybridized carbons (Fsp3) is 0.333. The van der Waals surface area contributed by atoms with Gasteiger partial charge in [-0.25, -0.2) is 0 Å². The van der Waals surface area contributed by atoms with E-state index in [4.69, 9.17) is 29.6 Å². The standard InChI is InChI=1S/C12H14ClN3OS/c13-9-3-1-8(2-4-9)11(17)16-6-5-10(7-16)15-12(14)18/h1-4,10H,5-7H2,(H3,14,15,18). The maximum Gasteiger partial charge on any atom is 0.253 e. The van der Waals surface area contributed by atoms with Crippen LogP contribution in [0.5, 0.6) is 0 Å². The first-order valence-electron chi connectivity index (χ1n) is 5.67. The molecule has 0 bridgehead atoms. The molecule has 96 valence electrons. The number of nitrogens with one attached hydrogen (secondary N) is 1. The molecule has 3 N–H and O–H groups in total. The third-order valence-electron chi connectivity index (χ3n) is 2.91. The topological polar surface area (TPSA) is 58.4 Å². The Balaban J connectivity index is 1.99. The number of benzene rings is 1. The highest BCUT2D eigenvalue weighted by atomic mass is 35.5. The zero-order valence-electron chi connectivity index (χ0n) is 9.73. The smallest absolute Gasteiger partial charge is 0.253 e. The molecular formula is C12H14ClN3OS. The molecule has 6 heteroatoms. The van der Waals surface area contributed by atoms with Crippen molar-refractivity contribution in [2.75, 3.05) is 13.1 Å². The van der Waals surface area contributed by atoms with Crippen molar-refractivity contribution in [3.8, 4) is 0 Å². The molecular weight excluding hydrogens is 270 g/mol. The molecule has 1 saturated heterocycles. The Morgan fingerprint density at radius 2 is 2.11 bits per heavy atom. The van der Waals surface area contributed by atoms with Gasteiger partial charge in [-0.2, -0.15) is 0 Å². The van der Waals surface area contributed by atoms with E-state index >= 15 is 0 Å². The Morgan fingerprint density at radius 1 is 1.44 bits per heavy atom. The van der Waals surface area contributed by atoms with Gasteiger partial charge in [0.1, 0.15) is 0 Å². The molecule has 1 fully saturated rings. The van der Waals surface area contributed by atoms with Gasteiger partial charge < -0.3 is 16.0 Å². The summed E-state index contributed by atoms with van der Waals surface area (Å²) in [6.07, 6.45) is 0.858. The molecule has 2 rings (SSSR count). The average Bonchev–Trinajstić information content (AvgIpc) is 2.76. The van der Waals surface area contributed by atoms with Gasteiger partial charge in [0.05, 0.1) is 0 Å². The number of thiocarbonyl (C=S) groups is 1. The Labute approximate surface area is 116 Å². The number of hydrogen-bond donors (Lipinski definition) is 2. The SMILES string of the molecule is NC(=S)NC1CCN(C(=O)c2ccc(Cl)cc2)C1. The molecule has 1 aromatic rings. The molecule has 1 amide bonds. The number of hydrogen-bond acceptors (Lipinski definition) is 2. The number of carbonyl (C=O) groups excluding carboxylic acids is 1. The minimum atomic E-state index is 0.0129. The summed E-state index contributed by atoms with van der Waals surface area (Å²) in [5.74, 6) is 0.0129. The summed E-state index contributed by atoms with van der Waals surface area (Å²) >= 11 is 10.6. The highest BCUT2D eigenvalue weighted by Gasteiger charge is 2.26. The van der Waals surface area contributed by atoms with Crippen LogP contribution in [0.4, 0.5) is 0 Å². The molecule has 4 nitrogen and oxygen atoms in total. The number of nitrogens with two attached hydrogens (primary N) is 1. The predicted octanol–water partition coefficient (Wildman–Crippen LogP) is 1.39. The number of likely N-dealkylation sites (tertiary alicyclic amines) is 1. The van der Waals surface area contributed by atoms with Crippen LogP contribution in [0.25, 0.3) is 0 Å². The van der Waals surface area contributed by atoms with Gasteiger partial charge in [0.25, 0.3) is 5.91 Å². The molecule has 1 atom stereocenters. The Bertz CT molecular complexity index is 463. The summed E-state index contributed by atoms with van der Waals surface area (Å²) < 4.78 is 0. The second-order valence-corrected chi connectivity index (χ2v) is 5.13. The van der Waals surface area contributed by atoms with Crippen LogP contribution in [0, 0.1) is 0 Å². The molecule has 1 aliphatic heterocycles. The average molecular weight is 284 g/mol. The maximum absolute atomic E-state index is 12.2. The van der Waals surface area contributed by atoms with Gasteiger partial charge in [-0.3, -0.25) is 4.79 Å². The predicted molar refractivity (Wildman–Crippen MR) is 75.7 cm³/mol. The summed E-state index contributed by atoms with van der Waals surface area (Å²) in [6.45, 7) is 1.33. The van der Waals surface area contributed by atoms with Gasteiger partial charge in [-0.1, -0.05) is 11.6 Å². The maximum atomic E-state index is 12.2. The van der Waals surface area contributed by atoms with E-state index in [1.165, 1.54) is 0 Å². The van der Waals surface area contributed by atoms with Crippen molar-refractivity contribution in [2.45, 2.75) is 12.5 Å². The molecule has 0 aromatic heterocycles. The van der Waals surface area contributed by atoms with Crippen LogP contribution in [0.15, 0.2) is 24.3 Å². The molecule has 1 aromatic carbocycles. The van der Waals surface area contributed by atoms with Crippen LogP contribution in [-0.2, 0) is 0 Å². The zero-order valence-corrected chi connectivity index (χ0v) is 11.3. The molecule has 1 heterocycles. The van der Waals surface area contributed by atoms with Crippen molar-refractivity contribution < 1.29 is 4.79 Å². The van der Waals surface area contributed by atoms with Crippen LogP contribution in [0.2, 0.25) is 5.02 Å². The largest absolute Gasteiger partial charge is 0.376 e. The van der Waals surface area contributed by atoms with Gasteiger partial charge >= 0.3 is 0 Å². The lowest BCUT2D eigenvalue weighted by Gasteiger charge is -2.17. The molecule has 0 radical (unpaired) electrons. The first kappa shape index (κ1) is 13.1. The van der Waals surface area contributed by atoms with Crippen molar-refractivity contribution in [3.05, 3.63) is 34.9 Å². The summed E-state index contributed by atoms with van der Waals surface area (Å²) in [5, 5.41) is 3.89. The van der Waals surface area contributed by atoms with Crippen molar-refractivity contribution in [1.82, 2.24) is 10.2 Å². The number of rotatable bonds is 2. The van der Waals surface area contributed by atoms with Gasteiger partial charge in [0.2, 0.25) is 0 Å². The first-order valence-corrected chi connectivity index (χ1v) is 6.45. The highest BCUT2D eigenvalue weighted by molar-refractivity contribution is 7.80. The van der Waals surface area contributed by atoms with E-state index in [1.54, 1.807) is 29.2 Å². The highest BCUT2D eigenvalue weighted by Crippen LogP contribution is 2.15. The van der Waals surface area contributed by atoms with Crippen molar-refractivity contribution in [2.24, 2.45) is 5.73 Å². The Morgan fingerprint density at radius 3 is 2.72 bits per heavy atom. The lowest BCUT2D eigenvalue weighted by Crippen LogP contribution is -2.41. The van der Waals surface area contributed by atoms with Crippen LogP contribution >= 0.6 is 23.8 Å². The summed E-state index contributed by atoms with van der Waals surface area (Å²) in [5.41, 5.74) is 6.07. The molecule has 18 heavy (non-hydrogen) atoms. The normalized spacial score (nSPS) is 18.7. The van der Waals surface area contributed by atoms with Crippen LogP contribution in [-0.4, -0.2) is 35.1 Å². The number of nitrogens with zero attached hydrogens (tertiary/aromatic N) is 1. The molecule has 1 aliphatic rings. The minimum absolute atomic E-state index is 0.0129. The number of halogens is 1. The molecule has 0 saturated carbocycles. The van der Waals surface area contributed by atoms with Crippen LogP contribution in [0.1, 0.15) is 16.8 Å². The van der Waals surface area contributed by atoms with Crippen LogP contribution in [0.3, 0.4) is 0 Å². The molecule has 0 spiro atoms. The van der Waals surface area contributed by atoms with E-state index in [1.807, 2.05) is 0 Å². The third-order valence-corrected chi connectivity index (χ3v) is 3.28. The molecule has 0 aliphatic carbocycles. The van der Waals surface area contributed by atoms with Crippen molar-refractivity contribution >= 4 is 34.8 Å². The summed E-state index contributed by atoms with van der Waals surface area (Å²) in [6, 6.07) is 7.06. The fourth-order valence-electron chi connectivity index (χ4n) is 2.04. The second-order valence-electron chi connectivity index (χ2n) is 4.25. The quantitative estimate of drug-likeness (QED) is 0.806. The minimum Gasteiger partial charge on any atom is -0.376 e. The second kappa shape index (κ2) is 5.54. The Kier molecular flexibility index (Phi) is 4.04. The first-order chi connectivity index (χ1) is 8.56. The Hall–Kier alpha value is -1.33. The van der Waals surface area contributed by atoms with E-state index in [0.29, 0.717) is 23.7 Å². The van der Waals surface area contributed by atoms with Gasteiger partial charge in [0, 0.05) is 29.7 Å². The van der Waals surface area contributed by atoms with Gasteiger partial charge in [0.15, 0.2) is 5.11 Å². The zero-order chi connectivity index (χ0) is 13.1. The van der Waals surface area contributed by atoms with E-state index in [0.717, 1.165) is 6.42 Å². The monoisotopic (exact) mass is 283 g/mol. The lowest BCUT2D eigenvalue weighted by molar-refractivity contribution is 0.0790. The molecule has 1 unspecified atom stereocenters. The third kappa shape index (κ3) is 3.11. The van der Waals surface area contributed by atoms with E-state index < -0.39 is 0 Å². The van der Waals surface area contributed by atoms with E-state index in [9.17, 15) is 4.79 Å². The lowest BCUT2D eigenvalue weighted by atomic mass is 10.2. The van der Waals surface area contributed by atoms with Gasteiger partial charge in [-0.15, -0.1) is 0 Å². The van der Waals surface area contributed by atoms with E-state index in [-0.39, 0.29) is 17.1 Å². The van der Waals surface area contributed by atoms with Gasteiger partial charge in [-0.05, 0) is 42.9 Å². The van der Waals surface area contributed by atoms with Crippen molar-refractivity contribution in [3.63, 3.8) is 0 Å². The number of carbonyl (C=O) groups is 1.